The minimum absolute atomic E-state index is 0.217. The van der Waals surface area contributed by atoms with Gasteiger partial charge in [0, 0.05) is 19.3 Å². The second-order valence-electron chi connectivity index (χ2n) is 4.83. The van der Waals surface area contributed by atoms with Crippen molar-refractivity contribution in [2.75, 3.05) is 19.8 Å². The smallest absolute Gasteiger partial charge is 0.320 e. The van der Waals surface area contributed by atoms with Gasteiger partial charge in [-0.3, -0.25) is 4.79 Å². The Hall–Kier alpha value is -0.650. The highest BCUT2D eigenvalue weighted by Crippen LogP contribution is 2.20. The Labute approximate surface area is 101 Å². The molecule has 1 saturated heterocycles. The molecule has 2 rings (SSSR count). The number of carboxylic acid groups (broad SMARTS) is 1. The lowest BCUT2D eigenvalue weighted by Gasteiger charge is -2.15. The van der Waals surface area contributed by atoms with Gasteiger partial charge >= 0.3 is 5.97 Å². The molecule has 0 aromatic rings. The number of ether oxygens (including phenoxy) is 2. The van der Waals surface area contributed by atoms with E-state index in [1.807, 2.05) is 0 Å². The molecule has 2 atom stereocenters. The van der Waals surface area contributed by atoms with Gasteiger partial charge in [-0.25, -0.2) is 0 Å². The highest BCUT2D eigenvalue weighted by Gasteiger charge is 2.28. The maximum absolute atomic E-state index is 11.0. The first-order chi connectivity index (χ1) is 8.25. The van der Waals surface area contributed by atoms with Crippen molar-refractivity contribution in [3.63, 3.8) is 0 Å². The normalized spacial score (nSPS) is 26.0. The number of carbonyl (C=O) groups is 1. The molecule has 2 aliphatic rings. The summed E-state index contributed by atoms with van der Waals surface area (Å²) in [5.74, 6) is -0.780. The van der Waals surface area contributed by atoms with Gasteiger partial charge in [0.1, 0.15) is 6.04 Å². The quantitative estimate of drug-likeness (QED) is 0.617. The molecule has 0 radical (unpaired) electrons. The van der Waals surface area contributed by atoms with Gasteiger partial charge in [0.05, 0.1) is 12.7 Å². The van der Waals surface area contributed by atoms with Crippen molar-refractivity contribution in [3.05, 3.63) is 0 Å². The van der Waals surface area contributed by atoms with Gasteiger partial charge in [-0.2, -0.15) is 0 Å². The number of carboxylic acids is 1. The molecular weight excluding hydrogens is 222 g/mol. The van der Waals surface area contributed by atoms with Crippen LogP contribution in [0.4, 0.5) is 0 Å². The summed E-state index contributed by atoms with van der Waals surface area (Å²) in [4.78, 5) is 11.0. The van der Waals surface area contributed by atoms with E-state index in [0.717, 1.165) is 32.3 Å². The molecule has 0 aromatic carbocycles. The van der Waals surface area contributed by atoms with Gasteiger partial charge < -0.3 is 19.9 Å². The van der Waals surface area contributed by atoms with Gasteiger partial charge in [-0.05, 0) is 32.1 Å². The van der Waals surface area contributed by atoms with E-state index in [9.17, 15) is 4.79 Å². The molecule has 0 amide bonds. The maximum atomic E-state index is 11.0. The van der Waals surface area contributed by atoms with E-state index in [1.54, 1.807) is 0 Å². The van der Waals surface area contributed by atoms with Crippen LogP contribution in [0.5, 0.6) is 0 Å². The third kappa shape index (κ3) is 4.61. The predicted octanol–water partition coefficient (Wildman–Crippen LogP) is 0.777. The van der Waals surface area contributed by atoms with Crippen molar-refractivity contribution >= 4 is 5.97 Å². The van der Waals surface area contributed by atoms with Crippen LogP contribution in [0.3, 0.4) is 0 Å². The lowest BCUT2D eigenvalue weighted by Crippen LogP contribution is -2.39. The Morgan fingerprint density at radius 2 is 2.29 bits per heavy atom. The Balaban J connectivity index is 1.56. The summed E-state index contributed by atoms with van der Waals surface area (Å²) >= 11 is 0. The standard InChI is InChI=1S/C12H21NO4/c14-12(15)11(13-9-3-4-9)5-7-16-8-10-2-1-6-17-10/h9-11,13H,1-8H2,(H,14,15). The molecule has 1 aliphatic heterocycles. The lowest BCUT2D eigenvalue weighted by molar-refractivity contribution is -0.140. The SMILES string of the molecule is O=C(O)C(CCOCC1CCCO1)NC1CC1. The summed E-state index contributed by atoms with van der Waals surface area (Å²) in [6.45, 7) is 1.90. The molecule has 2 N–H and O–H groups in total. The summed E-state index contributed by atoms with van der Waals surface area (Å²) in [7, 11) is 0. The fraction of sp³-hybridized carbons (Fsp3) is 0.917. The molecule has 2 unspecified atom stereocenters. The van der Waals surface area contributed by atoms with Crippen molar-refractivity contribution in [2.45, 2.75) is 50.3 Å². The second-order valence-corrected chi connectivity index (χ2v) is 4.83. The number of rotatable bonds is 8. The predicted molar refractivity (Wildman–Crippen MR) is 62.0 cm³/mol. The van der Waals surface area contributed by atoms with Gasteiger partial charge in [0.2, 0.25) is 0 Å². The van der Waals surface area contributed by atoms with Crippen LogP contribution < -0.4 is 5.32 Å². The van der Waals surface area contributed by atoms with Gasteiger partial charge in [-0.15, -0.1) is 0 Å². The fourth-order valence-corrected chi connectivity index (χ4v) is 2.00. The number of nitrogens with one attached hydrogen (secondary N) is 1. The second kappa shape index (κ2) is 6.33. The molecule has 0 aromatic heterocycles. The van der Waals surface area contributed by atoms with Crippen LogP contribution in [-0.4, -0.2) is 49.1 Å². The molecule has 0 bridgehead atoms. The largest absolute Gasteiger partial charge is 0.480 e. The Bertz CT molecular complexity index is 249. The monoisotopic (exact) mass is 243 g/mol. The van der Waals surface area contributed by atoms with Gasteiger partial charge in [-0.1, -0.05) is 0 Å². The third-order valence-corrected chi connectivity index (χ3v) is 3.19. The summed E-state index contributed by atoms with van der Waals surface area (Å²) in [5.41, 5.74) is 0. The van der Waals surface area contributed by atoms with E-state index in [4.69, 9.17) is 14.6 Å². The van der Waals surface area contributed by atoms with E-state index >= 15 is 0 Å². The maximum Gasteiger partial charge on any atom is 0.320 e. The first-order valence-electron chi connectivity index (χ1n) is 6.44. The van der Waals surface area contributed by atoms with Crippen molar-refractivity contribution in [3.8, 4) is 0 Å². The van der Waals surface area contributed by atoms with Crippen molar-refractivity contribution in [1.29, 1.82) is 0 Å². The first kappa shape index (κ1) is 12.8. The molecular formula is C12H21NO4. The van der Waals surface area contributed by atoms with Crippen LogP contribution in [0.25, 0.3) is 0 Å². The fourth-order valence-electron chi connectivity index (χ4n) is 2.00. The van der Waals surface area contributed by atoms with E-state index in [0.29, 0.717) is 25.7 Å². The minimum Gasteiger partial charge on any atom is -0.480 e. The zero-order valence-corrected chi connectivity index (χ0v) is 10.1. The Morgan fingerprint density at radius 1 is 1.47 bits per heavy atom. The highest BCUT2D eigenvalue weighted by atomic mass is 16.5. The molecule has 0 spiro atoms. The van der Waals surface area contributed by atoms with Crippen LogP contribution in [0.1, 0.15) is 32.1 Å². The molecule has 5 nitrogen and oxygen atoms in total. The van der Waals surface area contributed by atoms with E-state index in [-0.39, 0.29) is 6.10 Å². The van der Waals surface area contributed by atoms with Crippen molar-refractivity contribution in [2.24, 2.45) is 0 Å². The molecule has 17 heavy (non-hydrogen) atoms. The van der Waals surface area contributed by atoms with Crippen LogP contribution in [-0.2, 0) is 14.3 Å². The summed E-state index contributed by atoms with van der Waals surface area (Å²) in [5, 5.41) is 12.1. The minimum atomic E-state index is -0.780. The van der Waals surface area contributed by atoms with Gasteiger partial charge in [0.15, 0.2) is 0 Å². The van der Waals surface area contributed by atoms with E-state index in [2.05, 4.69) is 5.32 Å². The van der Waals surface area contributed by atoms with Crippen LogP contribution >= 0.6 is 0 Å². The third-order valence-electron chi connectivity index (χ3n) is 3.19. The van der Waals surface area contributed by atoms with Gasteiger partial charge in [0.25, 0.3) is 0 Å². The summed E-state index contributed by atoms with van der Waals surface area (Å²) in [6, 6.07) is -0.0544. The number of hydrogen-bond donors (Lipinski definition) is 2. The molecule has 2 fully saturated rings. The van der Waals surface area contributed by atoms with Crippen LogP contribution in [0.2, 0.25) is 0 Å². The van der Waals surface area contributed by atoms with Crippen LogP contribution in [0.15, 0.2) is 0 Å². The molecule has 98 valence electrons. The molecule has 1 saturated carbocycles. The average Bonchev–Trinajstić information content (AvgIpc) is 2.96. The average molecular weight is 243 g/mol. The zero-order chi connectivity index (χ0) is 12.1. The summed E-state index contributed by atoms with van der Waals surface area (Å²) < 4.78 is 10.9. The topological polar surface area (TPSA) is 67.8 Å². The van der Waals surface area contributed by atoms with E-state index < -0.39 is 12.0 Å². The number of aliphatic carboxylic acids is 1. The first-order valence-corrected chi connectivity index (χ1v) is 6.44. The molecule has 1 aliphatic carbocycles. The molecule has 1 heterocycles. The van der Waals surface area contributed by atoms with Crippen molar-refractivity contribution < 1.29 is 19.4 Å². The highest BCUT2D eigenvalue weighted by molar-refractivity contribution is 5.73. The Morgan fingerprint density at radius 3 is 2.88 bits per heavy atom. The van der Waals surface area contributed by atoms with Crippen molar-refractivity contribution in [1.82, 2.24) is 5.32 Å². The number of hydrogen-bond acceptors (Lipinski definition) is 4. The van der Waals surface area contributed by atoms with E-state index in [1.165, 1.54) is 0 Å². The van der Waals surface area contributed by atoms with Crippen LogP contribution in [0, 0.1) is 0 Å². The zero-order valence-electron chi connectivity index (χ0n) is 10.1. The lowest BCUT2D eigenvalue weighted by atomic mass is 10.2. The Kier molecular flexibility index (Phi) is 4.76. The summed E-state index contributed by atoms with van der Waals surface area (Å²) in [6.07, 6.45) is 5.10. The molecule has 5 heteroatoms.